The number of amides is 1. The third-order valence-electron chi connectivity index (χ3n) is 3.34. The summed E-state index contributed by atoms with van der Waals surface area (Å²) in [6, 6.07) is -0.731. The summed E-state index contributed by atoms with van der Waals surface area (Å²) in [7, 11) is 1.31. The monoisotopic (exact) mass is 301 g/mol. The zero-order chi connectivity index (χ0) is 14.9. The molecule has 0 bridgehead atoms. The summed E-state index contributed by atoms with van der Waals surface area (Å²) in [6.07, 6.45) is 2.87. The molecule has 0 radical (unpaired) electrons. The summed E-state index contributed by atoms with van der Waals surface area (Å²) < 4.78 is 28.0. The second-order valence-corrected chi connectivity index (χ2v) is 6.72. The molecule has 20 heavy (non-hydrogen) atoms. The van der Waals surface area contributed by atoms with E-state index in [9.17, 15) is 13.2 Å². The number of nitrogens with zero attached hydrogens (tertiary/aromatic N) is 4. The number of hydrogen-bond donors (Lipinski definition) is 1. The van der Waals surface area contributed by atoms with Crippen LogP contribution in [0, 0.1) is 0 Å². The lowest BCUT2D eigenvalue weighted by atomic mass is 10.2. The molecule has 1 N–H and O–H groups in total. The van der Waals surface area contributed by atoms with Crippen molar-refractivity contribution >= 4 is 15.9 Å². The highest BCUT2D eigenvalue weighted by atomic mass is 32.2. The number of nitrogens with one attached hydrogen (secondary N) is 1. The zero-order valence-electron chi connectivity index (χ0n) is 11.8. The van der Waals surface area contributed by atoms with Gasteiger partial charge in [-0.1, -0.05) is 0 Å². The first-order valence-corrected chi connectivity index (χ1v) is 7.70. The Kier molecular flexibility index (Phi) is 4.11. The Morgan fingerprint density at radius 3 is 2.65 bits per heavy atom. The van der Waals surface area contributed by atoms with Crippen molar-refractivity contribution in [3.63, 3.8) is 0 Å². The number of carbonyl (C=O) groups is 1. The molecule has 9 heteroatoms. The minimum absolute atomic E-state index is 0.0292. The van der Waals surface area contributed by atoms with Crippen molar-refractivity contribution in [1.82, 2.24) is 24.1 Å². The predicted octanol–water partition coefficient (Wildman–Crippen LogP) is -1.53. The van der Waals surface area contributed by atoms with E-state index in [-0.39, 0.29) is 17.5 Å². The van der Waals surface area contributed by atoms with Crippen LogP contribution in [0.15, 0.2) is 17.6 Å². The largest absolute Gasteiger partial charge is 0.358 e. The van der Waals surface area contributed by atoms with E-state index < -0.39 is 16.1 Å². The van der Waals surface area contributed by atoms with Crippen LogP contribution in [0.25, 0.3) is 0 Å². The molecule has 1 aromatic heterocycles. The summed E-state index contributed by atoms with van der Waals surface area (Å²) in [5, 5.41) is 2.49. The number of piperazine rings is 1. The van der Waals surface area contributed by atoms with Crippen molar-refractivity contribution in [2.45, 2.75) is 11.1 Å². The molecule has 1 aliphatic rings. The highest BCUT2D eigenvalue weighted by Crippen LogP contribution is 2.19. The van der Waals surface area contributed by atoms with Crippen LogP contribution in [0.4, 0.5) is 0 Å². The van der Waals surface area contributed by atoms with Crippen molar-refractivity contribution in [3.05, 3.63) is 12.5 Å². The highest BCUT2D eigenvalue weighted by Gasteiger charge is 2.39. The highest BCUT2D eigenvalue weighted by molar-refractivity contribution is 7.89. The van der Waals surface area contributed by atoms with Crippen LogP contribution >= 0.6 is 0 Å². The summed E-state index contributed by atoms with van der Waals surface area (Å²) in [5.41, 5.74) is 0. The molecule has 1 aliphatic heterocycles. The Balaban J connectivity index is 2.35. The first-order valence-electron chi connectivity index (χ1n) is 6.26. The number of carbonyl (C=O) groups excluding carboxylic acids is 1. The molecule has 0 spiro atoms. The van der Waals surface area contributed by atoms with Gasteiger partial charge in [0.2, 0.25) is 5.91 Å². The number of sulfonamides is 1. The quantitative estimate of drug-likeness (QED) is 0.732. The minimum Gasteiger partial charge on any atom is -0.358 e. The van der Waals surface area contributed by atoms with Gasteiger partial charge in [-0.25, -0.2) is 13.4 Å². The Hall–Kier alpha value is -1.45. The maximum absolute atomic E-state index is 12.6. The third kappa shape index (κ3) is 2.69. The molecular weight excluding hydrogens is 282 g/mol. The van der Waals surface area contributed by atoms with Gasteiger partial charge in [-0.2, -0.15) is 4.31 Å². The molecule has 0 aromatic carbocycles. The average Bonchev–Trinajstić information content (AvgIpc) is 2.84. The second kappa shape index (κ2) is 5.51. The van der Waals surface area contributed by atoms with E-state index in [0.717, 1.165) is 0 Å². The molecular formula is C11H19N5O3S. The summed E-state index contributed by atoms with van der Waals surface area (Å²) in [6.45, 7) is 1.22. The van der Waals surface area contributed by atoms with Crippen molar-refractivity contribution in [3.8, 4) is 0 Å². The molecule has 1 amide bonds. The number of rotatable bonds is 3. The van der Waals surface area contributed by atoms with Gasteiger partial charge in [0, 0.05) is 39.9 Å². The van der Waals surface area contributed by atoms with E-state index in [2.05, 4.69) is 10.3 Å². The van der Waals surface area contributed by atoms with Crippen molar-refractivity contribution in [2.75, 3.05) is 33.7 Å². The molecule has 0 saturated carbocycles. The third-order valence-corrected chi connectivity index (χ3v) is 5.13. The fourth-order valence-electron chi connectivity index (χ4n) is 2.21. The van der Waals surface area contributed by atoms with Gasteiger partial charge in [0.15, 0.2) is 5.03 Å². The van der Waals surface area contributed by atoms with E-state index in [1.807, 2.05) is 11.9 Å². The van der Waals surface area contributed by atoms with Gasteiger partial charge in [-0.3, -0.25) is 4.79 Å². The lowest BCUT2D eigenvalue weighted by Gasteiger charge is -2.37. The van der Waals surface area contributed by atoms with Crippen LogP contribution in [0.3, 0.4) is 0 Å². The molecule has 1 fully saturated rings. The van der Waals surface area contributed by atoms with E-state index >= 15 is 0 Å². The van der Waals surface area contributed by atoms with Gasteiger partial charge >= 0.3 is 0 Å². The fourth-order valence-corrected chi connectivity index (χ4v) is 3.75. The molecule has 1 aromatic rings. The van der Waals surface area contributed by atoms with Crippen LogP contribution in [-0.4, -0.2) is 72.9 Å². The van der Waals surface area contributed by atoms with Gasteiger partial charge in [0.1, 0.15) is 6.04 Å². The maximum Gasteiger partial charge on any atom is 0.262 e. The van der Waals surface area contributed by atoms with Crippen LogP contribution in [-0.2, 0) is 21.9 Å². The summed E-state index contributed by atoms with van der Waals surface area (Å²) >= 11 is 0. The number of hydrogen-bond acceptors (Lipinski definition) is 5. The fraction of sp³-hybridized carbons (Fsp3) is 0.636. The van der Waals surface area contributed by atoms with Crippen LogP contribution in [0.5, 0.6) is 0 Å². The van der Waals surface area contributed by atoms with Gasteiger partial charge in [0.05, 0.1) is 6.33 Å². The first-order chi connectivity index (χ1) is 9.36. The zero-order valence-corrected chi connectivity index (χ0v) is 12.6. The van der Waals surface area contributed by atoms with Gasteiger partial charge in [0.25, 0.3) is 10.0 Å². The maximum atomic E-state index is 12.6. The molecule has 1 unspecified atom stereocenters. The molecule has 1 saturated heterocycles. The van der Waals surface area contributed by atoms with Crippen molar-refractivity contribution in [2.24, 2.45) is 7.05 Å². The molecule has 1 atom stereocenters. The molecule has 0 aliphatic carbocycles. The summed E-state index contributed by atoms with van der Waals surface area (Å²) in [5.74, 6) is -0.309. The van der Waals surface area contributed by atoms with Gasteiger partial charge in [-0.15, -0.1) is 0 Å². The van der Waals surface area contributed by atoms with Crippen LogP contribution < -0.4 is 5.32 Å². The Morgan fingerprint density at radius 2 is 2.10 bits per heavy atom. The van der Waals surface area contributed by atoms with E-state index in [0.29, 0.717) is 13.1 Å². The Morgan fingerprint density at radius 1 is 1.40 bits per heavy atom. The minimum atomic E-state index is -3.76. The van der Waals surface area contributed by atoms with E-state index in [4.69, 9.17) is 0 Å². The van der Waals surface area contributed by atoms with Crippen LogP contribution in [0.2, 0.25) is 0 Å². The van der Waals surface area contributed by atoms with Crippen molar-refractivity contribution in [1.29, 1.82) is 0 Å². The van der Waals surface area contributed by atoms with Crippen molar-refractivity contribution < 1.29 is 13.2 Å². The Labute approximate surface area is 118 Å². The van der Waals surface area contributed by atoms with Gasteiger partial charge in [-0.05, 0) is 7.05 Å². The second-order valence-electron chi connectivity index (χ2n) is 4.89. The first kappa shape index (κ1) is 14.9. The molecule has 8 nitrogen and oxygen atoms in total. The predicted molar refractivity (Wildman–Crippen MR) is 72.5 cm³/mol. The number of likely N-dealkylation sites (N-methyl/N-ethyl adjacent to an activating group) is 2. The normalized spacial score (nSPS) is 21.9. The van der Waals surface area contributed by atoms with Gasteiger partial charge < -0.3 is 14.8 Å². The van der Waals surface area contributed by atoms with E-state index in [1.54, 1.807) is 11.6 Å². The SMILES string of the molecule is CNC(=O)C1CN(C)CCN1S(=O)(=O)c1cn(C)cn1. The standard InChI is InChI=1S/C11H19N5O3S/c1-12-11(17)9-6-14(2)4-5-16(9)20(18,19)10-7-15(3)8-13-10/h7-9H,4-6H2,1-3H3,(H,12,17). The smallest absolute Gasteiger partial charge is 0.262 e. The molecule has 2 rings (SSSR count). The number of imidazole rings is 1. The average molecular weight is 301 g/mol. The lowest BCUT2D eigenvalue weighted by Crippen LogP contribution is -2.59. The van der Waals surface area contributed by atoms with Crippen LogP contribution in [0.1, 0.15) is 0 Å². The number of aryl methyl sites for hydroxylation is 1. The molecule has 112 valence electrons. The Bertz CT molecular complexity index is 597. The lowest BCUT2D eigenvalue weighted by molar-refractivity contribution is -0.125. The molecule has 2 heterocycles. The topological polar surface area (TPSA) is 87.5 Å². The summed E-state index contributed by atoms with van der Waals surface area (Å²) in [4.78, 5) is 17.8. The number of aromatic nitrogens is 2. The van der Waals surface area contributed by atoms with E-state index in [1.165, 1.54) is 23.9 Å².